The van der Waals surface area contributed by atoms with E-state index in [2.05, 4.69) is 98.9 Å². The molecule has 0 radical (unpaired) electrons. The van der Waals surface area contributed by atoms with Crippen molar-refractivity contribution >= 4 is 17.9 Å². The first-order valence-corrected chi connectivity index (χ1v) is 24.4. The number of likely N-dealkylation sites (N-methyl/N-ethyl adjacent to an activating group) is 1. The van der Waals surface area contributed by atoms with Gasteiger partial charge in [-0.2, -0.15) is 0 Å². The van der Waals surface area contributed by atoms with Crippen molar-refractivity contribution in [2.24, 2.45) is 0 Å². The molecule has 358 valence electrons. The van der Waals surface area contributed by atoms with Gasteiger partial charge in [0.1, 0.15) is 13.2 Å². The fourth-order valence-electron chi connectivity index (χ4n) is 6.13. The summed E-state index contributed by atoms with van der Waals surface area (Å²) in [5.74, 6) is -2.41. The highest BCUT2D eigenvalue weighted by atomic mass is 16.7. The summed E-state index contributed by atoms with van der Waals surface area (Å²) in [5, 5.41) is 11.7. The highest BCUT2D eigenvalue weighted by Gasteiger charge is 2.21. The molecule has 63 heavy (non-hydrogen) atoms. The topological polar surface area (TPSA) is 111 Å². The minimum Gasteiger partial charge on any atom is -0.545 e. The third kappa shape index (κ3) is 46.0. The van der Waals surface area contributed by atoms with Crippen molar-refractivity contribution in [3.8, 4) is 0 Å². The molecule has 0 aromatic carbocycles. The van der Waals surface area contributed by atoms with Crippen molar-refractivity contribution in [2.45, 2.75) is 180 Å². The van der Waals surface area contributed by atoms with Crippen molar-refractivity contribution in [3.05, 3.63) is 97.2 Å². The Morgan fingerprint density at radius 3 is 1.33 bits per heavy atom. The molecule has 0 N–H and O–H groups in total. The quantitative estimate of drug-likeness (QED) is 0.0196. The number of hydrogen-bond donors (Lipinski definition) is 0. The number of carbonyl (C=O) groups is 3. The Balaban J connectivity index is 4.37. The number of allylic oxidation sites excluding steroid dienone is 16. The van der Waals surface area contributed by atoms with Crippen LogP contribution in [-0.2, 0) is 33.3 Å². The first-order chi connectivity index (χ1) is 30.6. The molecule has 9 heteroatoms. The Hall–Kier alpha value is -3.79. The number of esters is 2. The van der Waals surface area contributed by atoms with Crippen LogP contribution in [0.3, 0.4) is 0 Å². The molecule has 0 fully saturated rings. The van der Waals surface area contributed by atoms with E-state index in [1.165, 1.54) is 57.8 Å². The third-order valence-corrected chi connectivity index (χ3v) is 9.84. The van der Waals surface area contributed by atoms with Gasteiger partial charge >= 0.3 is 11.9 Å². The zero-order valence-corrected chi connectivity index (χ0v) is 40.4. The number of ether oxygens (including phenoxy) is 4. The minimum absolute atomic E-state index is 0.132. The first kappa shape index (κ1) is 59.2. The van der Waals surface area contributed by atoms with Gasteiger partial charge in [0, 0.05) is 12.8 Å². The fourth-order valence-corrected chi connectivity index (χ4v) is 6.13. The summed E-state index contributed by atoms with van der Waals surface area (Å²) >= 11 is 0. The van der Waals surface area contributed by atoms with E-state index in [1.54, 1.807) is 0 Å². The SMILES string of the molecule is CC/C=C\C/C=C\C/C=C\C/C=C\CCCCCCCCCCCCCCC(=O)OC(COC(=O)CC/C=C\C/C=C\C/C=C\C/C=C\CC)COC(OCC[N+](C)(C)C)C(=O)[O-]. The van der Waals surface area contributed by atoms with Gasteiger partial charge in [-0.3, -0.25) is 9.59 Å². The number of nitrogens with zero attached hydrogens (tertiary/aromatic N) is 1. The zero-order valence-electron chi connectivity index (χ0n) is 40.4. The van der Waals surface area contributed by atoms with Gasteiger partial charge in [-0.25, -0.2) is 0 Å². The normalized spacial score (nSPS) is 13.7. The monoisotopic (exact) mass is 880 g/mol. The van der Waals surface area contributed by atoms with Gasteiger partial charge in [0.25, 0.3) is 0 Å². The van der Waals surface area contributed by atoms with E-state index >= 15 is 0 Å². The Kier molecular flexibility index (Phi) is 42.1. The molecule has 2 atom stereocenters. The Bertz CT molecular complexity index is 1350. The van der Waals surface area contributed by atoms with E-state index in [0.717, 1.165) is 70.6 Å². The van der Waals surface area contributed by atoms with Gasteiger partial charge in [0.05, 0.1) is 40.3 Å². The van der Waals surface area contributed by atoms with Gasteiger partial charge in [-0.1, -0.05) is 175 Å². The molecular weight excluding hydrogens is 791 g/mol. The summed E-state index contributed by atoms with van der Waals surface area (Å²) in [4.78, 5) is 37.0. The second-order valence-electron chi connectivity index (χ2n) is 17.0. The second-order valence-corrected chi connectivity index (χ2v) is 17.0. The number of aliphatic carboxylic acids is 1. The minimum atomic E-state index is -1.64. The number of carboxylic acids is 1. The zero-order chi connectivity index (χ0) is 46.3. The van der Waals surface area contributed by atoms with Gasteiger partial charge in [0.2, 0.25) is 0 Å². The maximum atomic E-state index is 12.8. The maximum Gasteiger partial charge on any atom is 0.306 e. The van der Waals surface area contributed by atoms with Crippen LogP contribution in [0.5, 0.6) is 0 Å². The lowest BCUT2D eigenvalue weighted by molar-refractivity contribution is -0.870. The Morgan fingerprint density at radius 2 is 0.889 bits per heavy atom. The van der Waals surface area contributed by atoms with Crippen molar-refractivity contribution < 1.29 is 42.9 Å². The van der Waals surface area contributed by atoms with E-state index < -0.39 is 30.3 Å². The lowest BCUT2D eigenvalue weighted by Crippen LogP contribution is -2.44. The second kappa shape index (κ2) is 44.8. The van der Waals surface area contributed by atoms with Crippen molar-refractivity contribution in [1.82, 2.24) is 0 Å². The molecule has 0 amide bonds. The fraction of sp³-hybridized carbons (Fsp3) is 0.648. The lowest BCUT2D eigenvalue weighted by atomic mass is 10.0. The molecule has 2 unspecified atom stereocenters. The molecule has 0 aliphatic carbocycles. The lowest BCUT2D eigenvalue weighted by Gasteiger charge is -2.26. The van der Waals surface area contributed by atoms with Crippen molar-refractivity contribution in [2.75, 3.05) is 47.5 Å². The number of carbonyl (C=O) groups excluding carboxylic acids is 3. The number of rotatable bonds is 43. The van der Waals surface area contributed by atoms with Crippen LogP contribution in [0.25, 0.3) is 0 Å². The summed E-state index contributed by atoms with van der Waals surface area (Å²) in [6.07, 6.45) is 56.1. The summed E-state index contributed by atoms with van der Waals surface area (Å²) < 4.78 is 22.5. The van der Waals surface area contributed by atoms with Gasteiger partial charge < -0.3 is 33.3 Å². The predicted octanol–water partition coefficient (Wildman–Crippen LogP) is 12.1. The summed E-state index contributed by atoms with van der Waals surface area (Å²) in [6, 6.07) is 0. The first-order valence-electron chi connectivity index (χ1n) is 24.4. The molecule has 0 rings (SSSR count). The van der Waals surface area contributed by atoms with Crippen LogP contribution in [-0.4, -0.2) is 82.3 Å². The van der Waals surface area contributed by atoms with Crippen LogP contribution in [0.1, 0.15) is 168 Å². The van der Waals surface area contributed by atoms with Crippen LogP contribution in [0, 0.1) is 0 Å². The van der Waals surface area contributed by atoms with Crippen LogP contribution in [0.4, 0.5) is 0 Å². The number of carboxylic acid groups (broad SMARTS) is 1. The average Bonchev–Trinajstić information content (AvgIpc) is 3.24. The van der Waals surface area contributed by atoms with Gasteiger partial charge in [-0.15, -0.1) is 0 Å². The average molecular weight is 880 g/mol. The summed E-state index contributed by atoms with van der Waals surface area (Å²) in [7, 11) is 5.88. The molecule has 0 aromatic heterocycles. The number of quaternary nitrogens is 1. The number of hydrogen-bond acceptors (Lipinski definition) is 8. The van der Waals surface area contributed by atoms with Crippen LogP contribution < -0.4 is 5.11 Å². The van der Waals surface area contributed by atoms with E-state index in [-0.39, 0.29) is 32.7 Å². The standard InChI is InChI=1S/C54H89NO8/c1-6-8-10-12-14-16-18-20-21-22-23-24-25-26-27-28-29-30-31-33-35-37-39-41-43-45-52(57)63-50(49-62-54(53(58)59)60-47-46-55(3,4)5)48-61-51(56)44-42-40-38-36-34-32-19-17-15-13-11-9-7-2/h8-11,14-17,20-21,23-24,32,34,38,40,50,54H,6-7,12-13,18-19,22,25-31,33,35-37,39,41-49H2,1-5H3/b10-8-,11-9-,16-14-,17-15-,21-20-,24-23-,34-32-,40-38-. The van der Waals surface area contributed by atoms with Crippen LogP contribution in [0.2, 0.25) is 0 Å². The smallest absolute Gasteiger partial charge is 0.306 e. The molecule has 0 aliphatic rings. The Morgan fingerprint density at radius 1 is 0.476 bits per heavy atom. The summed E-state index contributed by atoms with van der Waals surface area (Å²) in [5.41, 5.74) is 0. The van der Waals surface area contributed by atoms with E-state index in [1.807, 2.05) is 33.3 Å². The van der Waals surface area contributed by atoms with Crippen LogP contribution >= 0.6 is 0 Å². The third-order valence-electron chi connectivity index (χ3n) is 9.84. The Labute approximate surface area is 384 Å². The van der Waals surface area contributed by atoms with Crippen molar-refractivity contribution in [1.29, 1.82) is 0 Å². The molecule has 0 heterocycles. The molecular formula is C54H89NO8. The largest absolute Gasteiger partial charge is 0.545 e. The molecule has 9 nitrogen and oxygen atoms in total. The number of unbranched alkanes of at least 4 members (excludes halogenated alkanes) is 12. The molecule has 0 bridgehead atoms. The van der Waals surface area contributed by atoms with Gasteiger partial charge in [0.15, 0.2) is 12.4 Å². The highest BCUT2D eigenvalue weighted by Crippen LogP contribution is 2.14. The predicted molar refractivity (Wildman–Crippen MR) is 260 cm³/mol. The molecule has 0 spiro atoms. The molecule has 0 saturated heterocycles. The summed E-state index contributed by atoms with van der Waals surface area (Å²) in [6.45, 7) is 4.40. The molecule has 0 saturated carbocycles. The van der Waals surface area contributed by atoms with E-state index in [9.17, 15) is 19.5 Å². The maximum absolute atomic E-state index is 12.8. The van der Waals surface area contributed by atoms with E-state index in [0.29, 0.717) is 23.9 Å². The van der Waals surface area contributed by atoms with Crippen LogP contribution in [0.15, 0.2) is 97.2 Å². The molecule has 0 aliphatic heterocycles. The van der Waals surface area contributed by atoms with Crippen molar-refractivity contribution in [3.63, 3.8) is 0 Å². The van der Waals surface area contributed by atoms with E-state index in [4.69, 9.17) is 18.9 Å². The van der Waals surface area contributed by atoms with Gasteiger partial charge in [-0.05, 0) is 77.0 Å². The highest BCUT2D eigenvalue weighted by molar-refractivity contribution is 5.70. The molecule has 0 aromatic rings.